The minimum atomic E-state index is -0.289. The molecule has 5 nitrogen and oxygen atoms in total. The van der Waals surface area contributed by atoms with E-state index in [9.17, 15) is 9.90 Å². The molecule has 1 saturated carbocycles. The number of benzene rings is 1. The van der Waals surface area contributed by atoms with Gasteiger partial charge in [-0.2, -0.15) is 0 Å². The lowest BCUT2D eigenvalue weighted by Gasteiger charge is -2.56. The van der Waals surface area contributed by atoms with Crippen molar-refractivity contribution in [2.24, 2.45) is 5.41 Å². The number of rotatable bonds is 4. The van der Waals surface area contributed by atoms with Gasteiger partial charge in [-0.25, -0.2) is 4.79 Å². The van der Waals surface area contributed by atoms with Gasteiger partial charge < -0.3 is 20.1 Å². The average Bonchev–Trinajstić information content (AvgIpc) is 2.62. The summed E-state index contributed by atoms with van der Waals surface area (Å²) in [6, 6.07) is 9.94. The normalized spacial score (nSPS) is 26.7. The van der Waals surface area contributed by atoms with E-state index in [4.69, 9.17) is 4.74 Å². The van der Waals surface area contributed by atoms with Gasteiger partial charge in [0.1, 0.15) is 0 Å². The highest BCUT2D eigenvalue weighted by Crippen LogP contribution is 2.50. The van der Waals surface area contributed by atoms with E-state index in [1.165, 1.54) is 0 Å². The summed E-state index contributed by atoms with van der Waals surface area (Å²) in [6.45, 7) is 6.02. The predicted molar refractivity (Wildman–Crippen MR) is 92.7 cm³/mol. The second-order valence-electron chi connectivity index (χ2n) is 7.00. The molecule has 1 heterocycles. The Morgan fingerprint density at radius 1 is 1.38 bits per heavy atom. The van der Waals surface area contributed by atoms with Gasteiger partial charge in [-0.15, -0.1) is 0 Å². The first-order chi connectivity index (χ1) is 11.6. The van der Waals surface area contributed by atoms with Crippen LogP contribution in [0.15, 0.2) is 30.3 Å². The molecule has 0 radical (unpaired) electrons. The van der Waals surface area contributed by atoms with Crippen LogP contribution in [0, 0.1) is 5.41 Å². The zero-order valence-electron chi connectivity index (χ0n) is 14.6. The van der Waals surface area contributed by atoms with Crippen molar-refractivity contribution in [2.45, 2.75) is 51.4 Å². The number of hydrogen-bond acceptors (Lipinski definition) is 3. The highest BCUT2D eigenvalue weighted by atomic mass is 16.5. The molecule has 1 spiro atoms. The highest BCUT2D eigenvalue weighted by Gasteiger charge is 2.56. The summed E-state index contributed by atoms with van der Waals surface area (Å²) in [5.41, 5.74) is 0.961. The minimum Gasteiger partial charge on any atom is -0.392 e. The number of hydrogen-bond donors (Lipinski definition) is 2. The van der Waals surface area contributed by atoms with Crippen molar-refractivity contribution in [3.8, 4) is 0 Å². The molecule has 2 fully saturated rings. The van der Waals surface area contributed by atoms with Crippen molar-refractivity contribution in [3.63, 3.8) is 0 Å². The van der Waals surface area contributed by atoms with E-state index < -0.39 is 0 Å². The van der Waals surface area contributed by atoms with Gasteiger partial charge in [0.25, 0.3) is 0 Å². The Morgan fingerprint density at radius 3 is 2.62 bits per heavy atom. The summed E-state index contributed by atoms with van der Waals surface area (Å²) in [5, 5.41) is 13.3. The van der Waals surface area contributed by atoms with E-state index in [2.05, 4.69) is 5.32 Å². The van der Waals surface area contributed by atoms with Crippen LogP contribution >= 0.6 is 0 Å². The van der Waals surface area contributed by atoms with Crippen LogP contribution in [0.1, 0.15) is 44.7 Å². The molecule has 2 amide bonds. The molecule has 0 bridgehead atoms. The molecule has 1 aliphatic heterocycles. The van der Waals surface area contributed by atoms with Gasteiger partial charge in [0.15, 0.2) is 0 Å². The molecule has 1 aromatic rings. The number of aliphatic hydroxyl groups is 1. The van der Waals surface area contributed by atoms with Crippen LogP contribution in [0.4, 0.5) is 4.79 Å². The second-order valence-corrected chi connectivity index (χ2v) is 7.00. The monoisotopic (exact) mass is 332 g/mol. The van der Waals surface area contributed by atoms with Crippen molar-refractivity contribution in [1.82, 2.24) is 10.2 Å². The molecule has 1 saturated heterocycles. The van der Waals surface area contributed by atoms with Gasteiger partial charge >= 0.3 is 6.03 Å². The average molecular weight is 332 g/mol. The van der Waals surface area contributed by atoms with Gasteiger partial charge in [0.05, 0.1) is 18.2 Å². The van der Waals surface area contributed by atoms with Crippen molar-refractivity contribution in [2.75, 3.05) is 19.7 Å². The highest BCUT2D eigenvalue weighted by molar-refractivity contribution is 5.74. The molecule has 24 heavy (non-hydrogen) atoms. The fourth-order valence-electron chi connectivity index (χ4n) is 4.04. The molecular formula is C19H28N2O3. The maximum atomic E-state index is 12.5. The summed E-state index contributed by atoms with van der Waals surface area (Å²) in [4.78, 5) is 14.4. The zero-order valence-corrected chi connectivity index (χ0v) is 14.6. The number of nitrogens with zero attached hydrogens (tertiary/aromatic N) is 1. The van der Waals surface area contributed by atoms with Gasteiger partial charge in [0, 0.05) is 31.5 Å². The Bertz CT molecular complexity index is 553. The lowest BCUT2D eigenvalue weighted by atomic mass is 9.58. The van der Waals surface area contributed by atoms with Crippen molar-refractivity contribution >= 4 is 6.03 Å². The van der Waals surface area contributed by atoms with Gasteiger partial charge in [0.2, 0.25) is 0 Å². The number of ether oxygens (including phenoxy) is 1. The Hall–Kier alpha value is -1.59. The standard InChI is InChI=1S/C19H28N2O3/c1-3-24-17-13-16(22)19(17)9-11-21(12-10-19)18(23)20-14(2)15-7-5-4-6-8-15/h4-8,14,16-17,22H,3,9-13H2,1-2H3,(H,20,23)/t14-,16-,17+/m0/s1. The Labute approximate surface area is 144 Å². The van der Waals surface area contributed by atoms with E-state index in [0.29, 0.717) is 19.7 Å². The van der Waals surface area contributed by atoms with Crippen LogP contribution in [0.2, 0.25) is 0 Å². The number of urea groups is 1. The topological polar surface area (TPSA) is 61.8 Å². The fourth-order valence-corrected chi connectivity index (χ4v) is 4.04. The largest absolute Gasteiger partial charge is 0.392 e. The minimum absolute atomic E-state index is 0.0138. The summed E-state index contributed by atoms with van der Waals surface area (Å²) in [6.07, 6.45) is 2.21. The van der Waals surface area contributed by atoms with Crippen LogP contribution in [0.5, 0.6) is 0 Å². The van der Waals surface area contributed by atoms with Gasteiger partial charge in [-0.05, 0) is 32.3 Å². The Balaban J connectivity index is 1.54. The fraction of sp³-hybridized carbons (Fsp3) is 0.632. The third kappa shape index (κ3) is 3.15. The Morgan fingerprint density at radius 2 is 2.04 bits per heavy atom. The Kier molecular flexibility index (Phi) is 5.11. The predicted octanol–water partition coefficient (Wildman–Crippen LogP) is 2.71. The van der Waals surface area contributed by atoms with Gasteiger partial charge in [-0.1, -0.05) is 30.3 Å². The number of carbonyl (C=O) groups excluding carboxylic acids is 1. The number of piperidine rings is 1. The SMILES string of the molecule is CCO[C@@H]1C[C@H](O)C12CCN(C(=O)N[C@@H](C)c1ccccc1)CC2. The van der Waals surface area contributed by atoms with E-state index >= 15 is 0 Å². The lowest BCUT2D eigenvalue weighted by Crippen LogP contribution is -2.63. The maximum Gasteiger partial charge on any atom is 0.317 e. The van der Waals surface area contributed by atoms with Crippen LogP contribution < -0.4 is 5.32 Å². The first kappa shape index (κ1) is 17.2. The van der Waals surface area contributed by atoms with Crippen molar-refractivity contribution < 1.29 is 14.6 Å². The molecular weight excluding hydrogens is 304 g/mol. The van der Waals surface area contributed by atoms with E-state index in [-0.39, 0.29) is 29.7 Å². The zero-order chi connectivity index (χ0) is 17.2. The molecule has 3 atom stereocenters. The number of carbonyl (C=O) groups is 1. The molecule has 1 aromatic carbocycles. The lowest BCUT2D eigenvalue weighted by molar-refractivity contribution is -0.207. The van der Waals surface area contributed by atoms with E-state index in [1.807, 2.05) is 49.1 Å². The van der Waals surface area contributed by atoms with Crippen LogP contribution in [-0.4, -0.2) is 47.9 Å². The molecule has 1 aliphatic carbocycles. The third-order valence-electron chi connectivity index (χ3n) is 5.73. The maximum absolute atomic E-state index is 12.5. The molecule has 0 aromatic heterocycles. The van der Waals surface area contributed by atoms with Gasteiger partial charge in [-0.3, -0.25) is 0 Å². The van der Waals surface area contributed by atoms with E-state index in [1.54, 1.807) is 0 Å². The number of likely N-dealkylation sites (tertiary alicyclic amines) is 1. The van der Waals surface area contributed by atoms with E-state index in [0.717, 1.165) is 24.8 Å². The second kappa shape index (κ2) is 7.11. The molecule has 0 unspecified atom stereocenters. The quantitative estimate of drug-likeness (QED) is 0.891. The number of amides is 2. The van der Waals surface area contributed by atoms with Crippen LogP contribution in [-0.2, 0) is 4.74 Å². The summed E-state index contributed by atoms with van der Waals surface area (Å²) in [7, 11) is 0. The molecule has 5 heteroatoms. The van der Waals surface area contributed by atoms with Crippen molar-refractivity contribution in [1.29, 1.82) is 0 Å². The van der Waals surface area contributed by atoms with Crippen LogP contribution in [0.25, 0.3) is 0 Å². The molecule has 3 rings (SSSR count). The smallest absolute Gasteiger partial charge is 0.317 e. The third-order valence-corrected chi connectivity index (χ3v) is 5.73. The molecule has 2 N–H and O–H groups in total. The molecule has 132 valence electrons. The first-order valence-electron chi connectivity index (χ1n) is 8.97. The number of nitrogens with one attached hydrogen (secondary N) is 1. The summed E-state index contributed by atoms with van der Waals surface area (Å²) in [5.74, 6) is 0. The summed E-state index contributed by atoms with van der Waals surface area (Å²) >= 11 is 0. The molecule has 2 aliphatic rings. The van der Waals surface area contributed by atoms with Crippen LogP contribution in [0.3, 0.4) is 0 Å². The number of aliphatic hydroxyl groups excluding tert-OH is 1. The summed E-state index contributed by atoms with van der Waals surface area (Å²) < 4.78 is 5.78. The van der Waals surface area contributed by atoms with Crippen molar-refractivity contribution in [3.05, 3.63) is 35.9 Å². The first-order valence-corrected chi connectivity index (χ1v) is 8.97.